The molecule has 0 fully saturated rings. The number of nitrogens with zero attached hydrogens (tertiary/aromatic N) is 1. The molecule has 1 atom stereocenters. The highest BCUT2D eigenvalue weighted by Crippen LogP contribution is 2.21. The lowest BCUT2D eigenvalue weighted by molar-refractivity contribution is 0.391. The van der Waals surface area contributed by atoms with Crippen LogP contribution in [0.2, 0.25) is 0 Å². The fraction of sp³-hybridized carbons (Fsp3) is 0.400. The summed E-state index contributed by atoms with van der Waals surface area (Å²) in [6.07, 6.45) is 0.817. The van der Waals surface area contributed by atoms with E-state index in [9.17, 15) is 8.42 Å². The number of primary sulfonamides is 1. The van der Waals surface area contributed by atoms with Gasteiger partial charge in [0.1, 0.15) is 5.76 Å². The van der Waals surface area contributed by atoms with E-state index in [4.69, 9.17) is 9.66 Å². The van der Waals surface area contributed by atoms with Crippen LogP contribution in [0, 0.1) is 13.8 Å². The lowest BCUT2D eigenvalue weighted by Gasteiger charge is -2.18. The van der Waals surface area contributed by atoms with Gasteiger partial charge in [0.15, 0.2) is 0 Å². The predicted octanol–water partition coefficient (Wildman–Crippen LogP) is 2.18. The first-order valence-electron chi connectivity index (χ1n) is 7.10. The van der Waals surface area contributed by atoms with E-state index in [2.05, 4.69) is 10.5 Å². The number of nitrogens with two attached hydrogens (primary N) is 1. The van der Waals surface area contributed by atoms with Crippen molar-refractivity contribution in [1.82, 2.24) is 10.5 Å². The molecule has 0 aliphatic rings. The van der Waals surface area contributed by atoms with Gasteiger partial charge in [0, 0.05) is 18.2 Å². The van der Waals surface area contributed by atoms with Crippen molar-refractivity contribution in [3.63, 3.8) is 0 Å². The summed E-state index contributed by atoms with van der Waals surface area (Å²) in [5.41, 5.74) is 2.78. The predicted molar refractivity (Wildman–Crippen MR) is 83.7 cm³/mol. The third kappa shape index (κ3) is 3.73. The van der Waals surface area contributed by atoms with Gasteiger partial charge in [0.25, 0.3) is 0 Å². The smallest absolute Gasteiger partial charge is 0.238 e. The minimum atomic E-state index is -3.69. The molecule has 0 saturated heterocycles. The Hall–Kier alpha value is -1.70. The van der Waals surface area contributed by atoms with Crippen molar-refractivity contribution in [3.8, 4) is 0 Å². The van der Waals surface area contributed by atoms with Crippen molar-refractivity contribution in [2.75, 3.05) is 0 Å². The first-order valence-corrected chi connectivity index (χ1v) is 8.65. The average Bonchev–Trinajstić information content (AvgIpc) is 2.79. The first kappa shape index (κ1) is 16.7. The molecule has 2 aromatic rings. The third-order valence-electron chi connectivity index (χ3n) is 3.70. The Kier molecular flexibility index (Phi) is 5.00. The monoisotopic (exact) mass is 323 g/mol. The Bertz CT molecular complexity index is 734. The van der Waals surface area contributed by atoms with Crippen LogP contribution in [-0.2, 0) is 16.6 Å². The molecule has 0 unspecified atom stereocenters. The lowest BCUT2D eigenvalue weighted by atomic mass is 10.0. The van der Waals surface area contributed by atoms with Gasteiger partial charge in [-0.2, -0.15) is 0 Å². The van der Waals surface area contributed by atoms with Gasteiger partial charge in [0.05, 0.1) is 10.6 Å². The molecule has 3 N–H and O–H groups in total. The number of nitrogens with one attached hydrogen (secondary N) is 1. The molecule has 0 bridgehead atoms. The van der Waals surface area contributed by atoms with Crippen LogP contribution < -0.4 is 10.5 Å². The normalized spacial score (nSPS) is 13.3. The molecule has 6 nitrogen and oxygen atoms in total. The minimum Gasteiger partial charge on any atom is -0.361 e. The van der Waals surface area contributed by atoms with Crippen molar-refractivity contribution in [2.24, 2.45) is 5.14 Å². The molecule has 22 heavy (non-hydrogen) atoms. The molecule has 2 rings (SSSR count). The number of hydrogen-bond donors (Lipinski definition) is 2. The Labute approximate surface area is 130 Å². The van der Waals surface area contributed by atoms with Gasteiger partial charge in [-0.1, -0.05) is 24.2 Å². The average molecular weight is 323 g/mol. The second-order valence-electron chi connectivity index (χ2n) is 5.26. The Morgan fingerprint density at radius 2 is 2.09 bits per heavy atom. The molecule has 7 heteroatoms. The van der Waals surface area contributed by atoms with Crippen LogP contribution in [0.4, 0.5) is 0 Å². The topological polar surface area (TPSA) is 98.2 Å². The molecule has 1 aromatic carbocycles. The zero-order valence-electron chi connectivity index (χ0n) is 13.0. The van der Waals surface area contributed by atoms with Gasteiger partial charge in [-0.3, -0.25) is 0 Å². The molecule has 0 spiro atoms. The van der Waals surface area contributed by atoms with Crippen LogP contribution >= 0.6 is 0 Å². The number of rotatable bonds is 6. The van der Waals surface area contributed by atoms with Crippen molar-refractivity contribution in [1.29, 1.82) is 0 Å². The van der Waals surface area contributed by atoms with Crippen LogP contribution in [-0.4, -0.2) is 13.6 Å². The molecular weight excluding hydrogens is 302 g/mol. The highest BCUT2D eigenvalue weighted by atomic mass is 32.2. The van der Waals surface area contributed by atoms with Gasteiger partial charge in [0.2, 0.25) is 10.0 Å². The maximum atomic E-state index is 11.5. The van der Waals surface area contributed by atoms with E-state index in [1.807, 2.05) is 26.8 Å². The van der Waals surface area contributed by atoms with E-state index in [1.165, 1.54) is 6.07 Å². The first-order chi connectivity index (χ1) is 10.3. The van der Waals surface area contributed by atoms with E-state index in [0.29, 0.717) is 6.54 Å². The van der Waals surface area contributed by atoms with Gasteiger partial charge in [-0.05, 0) is 38.0 Å². The quantitative estimate of drug-likeness (QED) is 0.849. The molecule has 0 saturated carbocycles. The van der Waals surface area contributed by atoms with Gasteiger partial charge < -0.3 is 9.84 Å². The summed E-state index contributed by atoms with van der Waals surface area (Å²) in [6.45, 7) is 6.42. The summed E-state index contributed by atoms with van der Waals surface area (Å²) < 4.78 is 28.1. The lowest BCUT2D eigenvalue weighted by Crippen LogP contribution is -2.21. The summed E-state index contributed by atoms with van der Waals surface area (Å²) >= 11 is 0. The number of sulfonamides is 1. The second kappa shape index (κ2) is 6.60. The summed E-state index contributed by atoms with van der Waals surface area (Å²) in [6, 6.07) is 6.73. The van der Waals surface area contributed by atoms with Crippen LogP contribution in [0.25, 0.3) is 0 Å². The molecule has 0 radical (unpaired) electrons. The van der Waals surface area contributed by atoms with Crippen molar-refractivity contribution >= 4 is 10.0 Å². The molecule has 1 aromatic heterocycles. The fourth-order valence-electron chi connectivity index (χ4n) is 2.39. The maximum absolute atomic E-state index is 11.5. The third-order valence-corrected chi connectivity index (χ3v) is 4.61. The Morgan fingerprint density at radius 3 is 2.64 bits per heavy atom. The zero-order chi connectivity index (χ0) is 16.3. The highest BCUT2D eigenvalue weighted by Gasteiger charge is 2.15. The van der Waals surface area contributed by atoms with E-state index in [0.717, 1.165) is 29.0 Å². The molecular formula is C15H21N3O3S. The SMILES string of the molecule is CC[C@@H](NCc1c(C)noc1C)c1cccc(S(N)(=O)=O)c1. The van der Waals surface area contributed by atoms with Gasteiger partial charge in [-0.25, -0.2) is 13.6 Å². The molecule has 0 amide bonds. The van der Waals surface area contributed by atoms with Gasteiger partial charge >= 0.3 is 0 Å². The minimum absolute atomic E-state index is 0.0235. The maximum Gasteiger partial charge on any atom is 0.238 e. The van der Waals surface area contributed by atoms with Crippen LogP contribution in [0.5, 0.6) is 0 Å². The highest BCUT2D eigenvalue weighted by molar-refractivity contribution is 7.89. The van der Waals surface area contributed by atoms with Gasteiger partial charge in [-0.15, -0.1) is 0 Å². The summed E-state index contributed by atoms with van der Waals surface area (Å²) in [5, 5.41) is 12.5. The van der Waals surface area contributed by atoms with E-state index >= 15 is 0 Å². The van der Waals surface area contributed by atoms with E-state index < -0.39 is 10.0 Å². The molecule has 0 aliphatic carbocycles. The Morgan fingerprint density at radius 1 is 1.36 bits per heavy atom. The number of hydrogen-bond acceptors (Lipinski definition) is 5. The number of aromatic nitrogens is 1. The summed E-state index contributed by atoms with van der Waals surface area (Å²) in [4.78, 5) is 0.127. The second-order valence-corrected chi connectivity index (χ2v) is 6.82. The van der Waals surface area contributed by atoms with E-state index in [1.54, 1.807) is 12.1 Å². The van der Waals surface area contributed by atoms with Crippen molar-refractivity contribution in [2.45, 2.75) is 44.7 Å². The largest absolute Gasteiger partial charge is 0.361 e. The zero-order valence-corrected chi connectivity index (χ0v) is 13.8. The summed E-state index contributed by atoms with van der Waals surface area (Å²) in [7, 11) is -3.69. The fourth-order valence-corrected chi connectivity index (χ4v) is 2.95. The number of aryl methyl sites for hydroxylation is 2. The number of benzene rings is 1. The van der Waals surface area contributed by atoms with Crippen LogP contribution in [0.3, 0.4) is 0 Å². The molecule has 0 aliphatic heterocycles. The molecule has 120 valence electrons. The van der Waals surface area contributed by atoms with Crippen molar-refractivity contribution in [3.05, 3.63) is 46.8 Å². The molecule has 1 heterocycles. The standard InChI is InChI=1S/C15H21N3O3S/c1-4-15(17-9-14-10(2)18-21-11(14)3)12-6-5-7-13(8-12)22(16,19)20/h5-8,15,17H,4,9H2,1-3H3,(H2,16,19,20)/t15-/m1/s1. The van der Waals surface area contributed by atoms with Crippen molar-refractivity contribution < 1.29 is 12.9 Å². The Balaban J connectivity index is 2.19. The van der Waals surface area contributed by atoms with E-state index in [-0.39, 0.29) is 10.9 Å². The summed E-state index contributed by atoms with van der Waals surface area (Å²) in [5.74, 6) is 0.790. The van der Waals surface area contributed by atoms with Crippen LogP contribution in [0.1, 0.15) is 42.0 Å². The van der Waals surface area contributed by atoms with Crippen LogP contribution in [0.15, 0.2) is 33.7 Å².